The van der Waals surface area contributed by atoms with Gasteiger partial charge in [-0.05, 0) is 29.5 Å². The van der Waals surface area contributed by atoms with Gasteiger partial charge in [-0.1, -0.05) is 6.07 Å². The number of aryl methyl sites for hydroxylation is 1. The lowest BCUT2D eigenvalue weighted by atomic mass is 10.1. The number of benzene rings is 1. The Morgan fingerprint density at radius 1 is 1.50 bits per heavy atom. The molecule has 1 heterocycles. The van der Waals surface area contributed by atoms with E-state index in [1.54, 1.807) is 11.3 Å². The van der Waals surface area contributed by atoms with Crippen LogP contribution in [0.5, 0.6) is 0 Å². The molecule has 0 aliphatic carbocycles. The van der Waals surface area contributed by atoms with Crippen molar-refractivity contribution in [2.24, 2.45) is 0 Å². The van der Waals surface area contributed by atoms with Crippen LogP contribution in [-0.2, 0) is 5.88 Å². The van der Waals surface area contributed by atoms with Crippen LogP contribution in [-0.4, -0.2) is 6.29 Å². The predicted octanol–water partition coefficient (Wildman–Crippen LogP) is 3.76. The molecule has 1 nitrogen and oxygen atoms in total. The minimum Gasteiger partial charge on any atom is -0.298 e. The van der Waals surface area contributed by atoms with Gasteiger partial charge in [-0.3, -0.25) is 4.79 Å². The smallest absolute Gasteiger partial charge is 0.151 e. The van der Waals surface area contributed by atoms with Crippen LogP contribution < -0.4 is 0 Å². The van der Waals surface area contributed by atoms with Gasteiger partial charge in [0.2, 0.25) is 0 Å². The van der Waals surface area contributed by atoms with Gasteiger partial charge >= 0.3 is 0 Å². The van der Waals surface area contributed by atoms with Crippen LogP contribution >= 0.6 is 22.9 Å². The summed E-state index contributed by atoms with van der Waals surface area (Å²) in [6.45, 7) is 2.05. The number of hydrogen-bond acceptors (Lipinski definition) is 2. The highest BCUT2D eigenvalue weighted by Crippen LogP contribution is 2.31. The number of fused-ring (bicyclic) bond motifs is 1. The number of thiophene rings is 1. The fourth-order valence-electron chi connectivity index (χ4n) is 1.61. The Labute approximate surface area is 91.3 Å². The van der Waals surface area contributed by atoms with Gasteiger partial charge in [0, 0.05) is 21.5 Å². The first-order valence-corrected chi connectivity index (χ1v) is 5.70. The Bertz CT molecular complexity index is 487. The normalized spacial score (nSPS) is 10.7. The molecule has 2 aromatic rings. The lowest BCUT2D eigenvalue weighted by molar-refractivity contribution is 0.112. The molecule has 1 aromatic heterocycles. The van der Waals surface area contributed by atoms with Crippen molar-refractivity contribution in [3.05, 3.63) is 34.2 Å². The van der Waals surface area contributed by atoms with Gasteiger partial charge in [-0.2, -0.15) is 0 Å². The molecule has 0 radical (unpaired) electrons. The highest BCUT2D eigenvalue weighted by atomic mass is 35.5. The number of rotatable bonds is 2. The summed E-state index contributed by atoms with van der Waals surface area (Å²) in [6.07, 6.45) is 0.899. The van der Waals surface area contributed by atoms with E-state index in [1.165, 1.54) is 5.56 Å². The first kappa shape index (κ1) is 9.69. The second kappa shape index (κ2) is 3.71. The molecule has 72 valence electrons. The van der Waals surface area contributed by atoms with Crippen LogP contribution in [0.15, 0.2) is 17.5 Å². The van der Waals surface area contributed by atoms with E-state index in [4.69, 9.17) is 11.6 Å². The summed E-state index contributed by atoms with van der Waals surface area (Å²) in [7, 11) is 0. The van der Waals surface area contributed by atoms with Crippen molar-refractivity contribution in [1.29, 1.82) is 0 Å². The maximum atomic E-state index is 10.8. The molecule has 0 aliphatic rings. The van der Waals surface area contributed by atoms with Crippen molar-refractivity contribution in [2.75, 3.05) is 0 Å². The zero-order valence-electron chi connectivity index (χ0n) is 7.71. The van der Waals surface area contributed by atoms with Gasteiger partial charge in [0.15, 0.2) is 6.29 Å². The first-order chi connectivity index (χ1) is 6.77. The van der Waals surface area contributed by atoms with Crippen LogP contribution in [0, 0.1) is 6.92 Å². The molecule has 0 fully saturated rings. The molecule has 0 bridgehead atoms. The molecule has 14 heavy (non-hydrogen) atoms. The van der Waals surface area contributed by atoms with Crippen molar-refractivity contribution in [3.63, 3.8) is 0 Å². The van der Waals surface area contributed by atoms with E-state index in [9.17, 15) is 4.79 Å². The van der Waals surface area contributed by atoms with Crippen LogP contribution in [0.1, 0.15) is 21.5 Å². The average molecular weight is 225 g/mol. The fourth-order valence-corrected chi connectivity index (χ4v) is 2.91. The number of hydrogen-bond donors (Lipinski definition) is 0. The van der Waals surface area contributed by atoms with Crippen LogP contribution in [0.2, 0.25) is 0 Å². The summed E-state index contributed by atoms with van der Waals surface area (Å²) in [5.41, 5.74) is 3.06. The molecular formula is C11H9ClOS. The van der Waals surface area contributed by atoms with Gasteiger partial charge in [-0.25, -0.2) is 0 Å². The minimum atomic E-state index is 0.493. The molecule has 3 heteroatoms. The maximum Gasteiger partial charge on any atom is 0.151 e. The number of aldehydes is 1. The minimum absolute atomic E-state index is 0.493. The fraction of sp³-hybridized carbons (Fsp3) is 0.182. The van der Waals surface area contributed by atoms with Crippen molar-refractivity contribution >= 4 is 39.3 Å². The van der Waals surface area contributed by atoms with Gasteiger partial charge in [0.25, 0.3) is 0 Å². The van der Waals surface area contributed by atoms with E-state index < -0.39 is 0 Å². The molecule has 0 amide bonds. The largest absolute Gasteiger partial charge is 0.298 e. The number of carbonyl (C=O) groups is 1. The Balaban J connectivity index is 2.87. The van der Waals surface area contributed by atoms with Gasteiger partial charge < -0.3 is 0 Å². The first-order valence-electron chi connectivity index (χ1n) is 4.28. The molecule has 0 spiro atoms. The zero-order valence-corrected chi connectivity index (χ0v) is 9.28. The summed E-state index contributed by atoms with van der Waals surface area (Å²) < 4.78 is 1.05. The number of carbonyl (C=O) groups excluding carboxylic acids is 1. The predicted molar refractivity (Wildman–Crippen MR) is 61.5 cm³/mol. The molecule has 0 unspecified atom stereocenters. The summed E-state index contributed by atoms with van der Waals surface area (Å²) in [4.78, 5) is 10.8. The summed E-state index contributed by atoms with van der Waals surface area (Å²) >= 11 is 7.45. The average Bonchev–Trinajstić information content (AvgIpc) is 2.60. The maximum absolute atomic E-state index is 10.8. The highest BCUT2D eigenvalue weighted by molar-refractivity contribution is 7.17. The monoisotopic (exact) mass is 224 g/mol. The van der Waals surface area contributed by atoms with Crippen molar-refractivity contribution in [1.82, 2.24) is 0 Å². The standard InChI is InChI=1S/C11H9ClOS/c1-7-6-14-11-9(5-13)3-2-8(4-12)10(7)11/h2-3,5-6H,4H2,1H3. The lowest BCUT2D eigenvalue weighted by Crippen LogP contribution is -1.85. The lowest BCUT2D eigenvalue weighted by Gasteiger charge is -2.01. The van der Waals surface area contributed by atoms with E-state index in [-0.39, 0.29) is 0 Å². The van der Waals surface area contributed by atoms with Crippen molar-refractivity contribution in [2.45, 2.75) is 12.8 Å². The van der Waals surface area contributed by atoms with E-state index in [2.05, 4.69) is 5.38 Å². The van der Waals surface area contributed by atoms with E-state index in [0.717, 1.165) is 27.5 Å². The SMILES string of the molecule is Cc1csc2c(C=O)ccc(CCl)c12. The molecular weight excluding hydrogens is 216 g/mol. The van der Waals surface area contributed by atoms with E-state index >= 15 is 0 Å². The molecule has 0 saturated heterocycles. The van der Waals surface area contributed by atoms with Crippen LogP contribution in [0.4, 0.5) is 0 Å². The quantitative estimate of drug-likeness (QED) is 0.561. The third kappa shape index (κ3) is 1.35. The van der Waals surface area contributed by atoms with E-state index in [0.29, 0.717) is 5.88 Å². The van der Waals surface area contributed by atoms with Gasteiger partial charge in [0.1, 0.15) is 0 Å². The van der Waals surface area contributed by atoms with E-state index in [1.807, 2.05) is 19.1 Å². The van der Waals surface area contributed by atoms with Crippen molar-refractivity contribution < 1.29 is 4.79 Å². The molecule has 0 aliphatic heterocycles. The molecule has 0 saturated carbocycles. The molecule has 2 rings (SSSR count). The number of alkyl halides is 1. The topological polar surface area (TPSA) is 17.1 Å². The Hall–Kier alpha value is -0.860. The second-order valence-corrected chi connectivity index (χ2v) is 4.34. The van der Waals surface area contributed by atoms with Gasteiger partial charge in [-0.15, -0.1) is 22.9 Å². The molecule has 0 atom stereocenters. The van der Waals surface area contributed by atoms with Gasteiger partial charge in [0.05, 0.1) is 0 Å². The van der Waals surface area contributed by atoms with Crippen LogP contribution in [0.25, 0.3) is 10.1 Å². The summed E-state index contributed by atoms with van der Waals surface area (Å²) in [6, 6.07) is 3.77. The van der Waals surface area contributed by atoms with Crippen LogP contribution in [0.3, 0.4) is 0 Å². The van der Waals surface area contributed by atoms with Crippen molar-refractivity contribution in [3.8, 4) is 0 Å². The third-order valence-electron chi connectivity index (χ3n) is 2.29. The second-order valence-electron chi connectivity index (χ2n) is 3.19. The Morgan fingerprint density at radius 2 is 2.29 bits per heavy atom. The Kier molecular flexibility index (Phi) is 2.57. The Morgan fingerprint density at radius 3 is 2.93 bits per heavy atom. The molecule has 0 N–H and O–H groups in total. The third-order valence-corrected chi connectivity index (χ3v) is 3.73. The zero-order chi connectivity index (χ0) is 10.1. The summed E-state index contributed by atoms with van der Waals surface area (Å²) in [5.74, 6) is 0.493. The number of halogens is 1. The summed E-state index contributed by atoms with van der Waals surface area (Å²) in [5, 5.41) is 3.21. The highest BCUT2D eigenvalue weighted by Gasteiger charge is 2.08. The molecule has 1 aromatic carbocycles.